The number of para-hydroxylation sites is 1. The number of hydrogen-bond acceptors (Lipinski definition) is 7. The third kappa shape index (κ3) is 3.69. The van der Waals surface area contributed by atoms with Gasteiger partial charge in [-0.2, -0.15) is 0 Å². The number of aromatic hydroxyl groups is 1. The van der Waals surface area contributed by atoms with E-state index in [9.17, 15) is 24.3 Å². The summed E-state index contributed by atoms with van der Waals surface area (Å²) < 4.78 is 9.89. The second-order valence-corrected chi connectivity index (χ2v) is 6.94. The van der Waals surface area contributed by atoms with Gasteiger partial charge >= 0.3 is 5.97 Å². The Morgan fingerprint density at radius 3 is 2.22 bits per heavy atom. The number of phenols is 1. The number of nitrogens with one attached hydrogen (secondary N) is 1. The second kappa shape index (κ2) is 8.35. The summed E-state index contributed by atoms with van der Waals surface area (Å²) in [6.07, 6.45) is 0. The number of carbonyl (C=O) groups is 4. The number of phenolic OH excluding ortho intramolecular Hbond substituents is 1. The molecule has 0 saturated heterocycles. The Labute approximate surface area is 182 Å². The summed E-state index contributed by atoms with van der Waals surface area (Å²) in [5.41, 5.74) is 1.22. The van der Waals surface area contributed by atoms with Gasteiger partial charge < -0.3 is 19.9 Å². The van der Waals surface area contributed by atoms with Crippen LogP contribution >= 0.6 is 0 Å². The van der Waals surface area contributed by atoms with Gasteiger partial charge in [-0.25, -0.2) is 4.79 Å². The van der Waals surface area contributed by atoms with Gasteiger partial charge in [-0.15, -0.1) is 0 Å². The van der Waals surface area contributed by atoms with E-state index in [0.717, 1.165) is 0 Å². The average Bonchev–Trinajstić information content (AvgIpc) is 2.81. The monoisotopic (exact) mass is 431 g/mol. The summed E-state index contributed by atoms with van der Waals surface area (Å²) in [5, 5.41) is 12.5. The lowest BCUT2D eigenvalue weighted by atomic mass is 9.84. The second-order valence-electron chi connectivity index (χ2n) is 6.94. The van der Waals surface area contributed by atoms with Crippen molar-refractivity contribution in [2.75, 3.05) is 19.0 Å². The fourth-order valence-corrected chi connectivity index (χ4v) is 3.43. The van der Waals surface area contributed by atoms with Crippen molar-refractivity contribution in [3.63, 3.8) is 0 Å². The number of amides is 1. The maximum Gasteiger partial charge on any atom is 0.342 e. The van der Waals surface area contributed by atoms with Crippen LogP contribution in [-0.4, -0.2) is 42.3 Å². The Bertz CT molecular complexity index is 1280. The van der Waals surface area contributed by atoms with Gasteiger partial charge in [-0.1, -0.05) is 30.3 Å². The topological polar surface area (TPSA) is 119 Å². The quantitative estimate of drug-likeness (QED) is 0.466. The number of ether oxygens (including phenoxy) is 2. The third-order valence-electron chi connectivity index (χ3n) is 4.98. The van der Waals surface area contributed by atoms with Crippen LogP contribution in [0.25, 0.3) is 0 Å². The van der Waals surface area contributed by atoms with E-state index in [2.05, 4.69) is 5.32 Å². The molecule has 0 unspecified atom stereocenters. The van der Waals surface area contributed by atoms with Crippen molar-refractivity contribution in [3.8, 4) is 11.5 Å². The van der Waals surface area contributed by atoms with E-state index in [4.69, 9.17) is 9.47 Å². The number of hydrogen-bond donors (Lipinski definition) is 2. The molecule has 3 aromatic rings. The van der Waals surface area contributed by atoms with Crippen LogP contribution < -0.4 is 10.1 Å². The van der Waals surface area contributed by atoms with E-state index < -0.39 is 24.2 Å². The van der Waals surface area contributed by atoms with Crippen molar-refractivity contribution in [1.29, 1.82) is 0 Å². The highest BCUT2D eigenvalue weighted by molar-refractivity contribution is 6.28. The smallest absolute Gasteiger partial charge is 0.342 e. The van der Waals surface area contributed by atoms with E-state index in [1.807, 2.05) is 0 Å². The van der Waals surface area contributed by atoms with E-state index >= 15 is 0 Å². The van der Waals surface area contributed by atoms with Crippen LogP contribution in [-0.2, 0) is 9.53 Å². The number of esters is 1. The van der Waals surface area contributed by atoms with Crippen molar-refractivity contribution < 1.29 is 33.8 Å². The van der Waals surface area contributed by atoms with E-state index in [0.29, 0.717) is 11.1 Å². The molecule has 0 heterocycles. The molecule has 0 bridgehead atoms. The van der Waals surface area contributed by atoms with E-state index in [-0.39, 0.29) is 39.7 Å². The predicted molar refractivity (Wildman–Crippen MR) is 113 cm³/mol. The standard InChI is InChI=1S/C24H17NO7/c1-31-19-8-4-7-17(23(19)29)24(30)32-12-20(26)25-13-9-10-16-18(11-13)22(28)15-6-3-2-5-14(15)21(16)27/h2-11,29H,12H2,1H3,(H,25,26). The Hall–Kier alpha value is -4.46. The normalized spacial score (nSPS) is 11.9. The van der Waals surface area contributed by atoms with Crippen LogP contribution in [0.2, 0.25) is 0 Å². The van der Waals surface area contributed by atoms with Crippen LogP contribution in [0.15, 0.2) is 60.7 Å². The molecule has 0 fully saturated rings. The van der Waals surface area contributed by atoms with Crippen molar-refractivity contribution in [1.82, 2.24) is 0 Å². The van der Waals surface area contributed by atoms with Crippen molar-refractivity contribution in [3.05, 3.63) is 88.5 Å². The van der Waals surface area contributed by atoms with Gasteiger partial charge in [0.2, 0.25) is 0 Å². The molecule has 0 aromatic heterocycles. The highest BCUT2D eigenvalue weighted by Gasteiger charge is 2.29. The van der Waals surface area contributed by atoms with Crippen LogP contribution in [0, 0.1) is 0 Å². The number of carbonyl (C=O) groups excluding carboxylic acids is 4. The number of ketones is 2. The molecular formula is C24H17NO7. The molecule has 2 N–H and O–H groups in total. The largest absolute Gasteiger partial charge is 0.504 e. The zero-order valence-corrected chi connectivity index (χ0v) is 16.9. The Morgan fingerprint density at radius 1 is 0.875 bits per heavy atom. The lowest BCUT2D eigenvalue weighted by Gasteiger charge is -2.18. The SMILES string of the molecule is COc1cccc(C(=O)OCC(=O)Nc2ccc3c(c2)C(=O)c2ccccc2C3=O)c1O. The Balaban J connectivity index is 1.45. The molecule has 160 valence electrons. The zero-order valence-electron chi connectivity index (χ0n) is 16.9. The number of anilines is 1. The predicted octanol–water partition coefficient (Wildman–Crippen LogP) is 2.97. The molecule has 1 aliphatic carbocycles. The molecule has 4 rings (SSSR count). The molecule has 3 aromatic carbocycles. The molecule has 0 spiro atoms. The Morgan fingerprint density at radius 2 is 1.53 bits per heavy atom. The molecule has 1 amide bonds. The number of rotatable bonds is 5. The van der Waals surface area contributed by atoms with Gasteiger partial charge in [-0.05, 0) is 30.3 Å². The Kier molecular flexibility index (Phi) is 5.43. The summed E-state index contributed by atoms with van der Waals surface area (Å²) in [6.45, 7) is -0.623. The minimum Gasteiger partial charge on any atom is -0.504 e. The van der Waals surface area contributed by atoms with Crippen LogP contribution in [0.4, 0.5) is 5.69 Å². The van der Waals surface area contributed by atoms with Crippen molar-refractivity contribution in [2.24, 2.45) is 0 Å². The summed E-state index contributed by atoms with van der Waals surface area (Å²) in [4.78, 5) is 49.8. The number of methoxy groups -OCH3 is 1. The third-order valence-corrected chi connectivity index (χ3v) is 4.98. The molecular weight excluding hydrogens is 414 g/mol. The van der Waals surface area contributed by atoms with Gasteiger partial charge in [-0.3, -0.25) is 14.4 Å². The molecule has 0 radical (unpaired) electrons. The first-order valence-electron chi connectivity index (χ1n) is 9.56. The first kappa shape index (κ1) is 20.8. The molecule has 8 nitrogen and oxygen atoms in total. The fraction of sp³-hybridized carbons (Fsp3) is 0.0833. The molecule has 0 saturated carbocycles. The number of benzene rings is 3. The summed E-state index contributed by atoms with van der Waals surface area (Å²) >= 11 is 0. The average molecular weight is 431 g/mol. The summed E-state index contributed by atoms with van der Waals surface area (Å²) in [6, 6.07) is 15.2. The first-order chi connectivity index (χ1) is 15.4. The van der Waals surface area contributed by atoms with Crippen molar-refractivity contribution >= 4 is 29.1 Å². The molecule has 8 heteroatoms. The van der Waals surface area contributed by atoms with Gasteiger partial charge in [0.25, 0.3) is 5.91 Å². The molecule has 32 heavy (non-hydrogen) atoms. The minimum absolute atomic E-state index is 0.0961. The van der Waals surface area contributed by atoms with Gasteiger partial charge in [0.05, 0.1) is 7.11 Å². The minimum atomic E-state index is -0.903. The lowest BCUT2D eigenvalue weighted by molar-refractivity contribution is -0.119. The first-order valence-corrected chi connectivity index (χ1v) is 9.56. The highest BCUT2D eigenvalue weighted by Crippen LogP contribution is 2.30. The fourth-order valence-electron chi connectivity index (χ4n) is 3.43. The molecule has 1 aliphatic rings. The van der Waals surface area contributed by atoms with Crippen LogP contribution in [0.3, 0.4) is 0 Å². The summed E-state index contributed by atoms with van der Waals surface area (Å²) in [7, 11) is 1.34. The highest BCUT2D eigenvalue weighted by atomic mass is 16.5. The maximum atomic E-state index is 12.8. The van der Waals surface area contributed by atoms with E-state index in [1.165, 1.54) is 43.5 Å². The van der Waals surface area contributed by atoms with Crippen molar-refractivity contribution in [2.45, 2.75) is 0 Å². The summed E-state index contributed by atoms with van der Waals surface area (Å²) in [5.74, 6) is -2.43. The zero-order chi connectivity index (χ0) is 22.8. The molecule has 0 aliphatic heterocycles. The van der Waals surface area contributed by atoms with Crippen LogP contribution in [0.5, 0.6) is 11.5 Å². The van der Waals surface area contributed by atoms with Gasteiger partial charge in [0.15, 0.2) is 29.7 Å². The maximum absolute atomic E-state index is 12.8. The number of fused-ring (bicyclic) bond motifs is 2. The van der Waals surface area contributed by atoms with Gasteiger partial charge in [0, 0.05) is 27.9 Å². The van der Waals surface area contributed by atoms with Gasteiger partial charge in [0.1, 0.15) is 5.56 Å². The van der Waals surface area contributed by atoms with E-state index in [1.54, 1.807) is 24.3 Å². The lowest BCUT2D eigenvalue weighted by Crippen LogP contribution is -2.23. The molecule has 0 atom stereocenters. The van der Waals surface area contributed by atoms with Crippen LogP contribution in [0.1, 0.15) is 42.2 Å².